The molecule has 82 heavy (non-hydrogen) atoms. The number of esters is 3. The Morgan fingerprint density at radius 2 is 0.476 bits per heavy atom. The molecule has 0 aliphatic rings. The van der Waals surface area contributed by atoms with Crippen molar-refractivity contribution in [1.29, 1.82) is 0 Å². The van der Waals surface area contributed by atoms with Gasteiger partial charge in [-0.05, 0) is 57.8 Å². The van der Waals surface area contributed by atoms with Gasteiger partial charge in [-0.15, -0.1) is 0 Å². The van der Waals surface area contributed by atoms with E-state index < -0.39 is 6.10 Å². The summed E-state index contributed by atoms with van der Waals surface area (Å²) in [4.78, 5) is 38.4. The van der Waals surface area contributed by atoms with Crippen molar-refractivity contribution in [3.05, 3.63) is 60.8 Å². The first-order valence-corrected chi connectivity index (χ1v) is 36.3. The molecule has 0 aromatic heterocycles. The van der Waals surface area contributed by atoms with Crippen LogP contribution in [0.5, 0.6) is 0 Å². The number of allylic oxidation sites excluding steroid dienone is 10. The van der Waals surface area contributed by atoms with E-state index in [1.165, 1.54) is 263 Å². The van der Waals surface area contributed by atoms with E-state index in [2.05, 4.69) is 81.5 Å². The smallest absolute Gasteiger partial charge is 0.306 e. The fraction of sp³-hybridized carbons (Fsp3) is 0.829. The summed E-state index contributed by atoms with van der Waals surface area (Å²) in [5.74, 6) is -0.925. The Balaban J connectivity index is 4.24. The second-order valence-corrected chi connectivity index (χ2v) is 24.5. The summed E-state index contributed by atoms with van der Waals surface area (Å²) in [6.07, 6.45) is 91.3. The van der Waals surface area contributed by atoms with Gasteiger partial charge in [-0.3, -0.25) is 14.4 Å². The minimum absolute atomic E-state index is 0.0919. The van der Waals surface area contributed by atoms with Crippen molar-refractivity contribution in [2.24, 2.45) is 0 Å². The maximum Gasteiger partial charge on any atom is 0.306 e. The first kappa shape index (κ1) is 79.1. The number of carbonyl (C=O) groups excluding carboxylic acids is 3. The minimum Gasteiger partial charge on any atom is -0.462 e. The van der Waals surface area contributed by atoms with E-state index in [0.29, 0.717) is 19.3 Å². The van der Waals surface area contributed by atoms with E-state index in [0.717, 1.165) is 77.0 Å². The van der Waals surface area contributed by atoms with E-state index in [9.17, 15) is 14.4 Å². The largest absolute Gasteiger partial charge is 0.462 e. The van der Waals surface area contributed by atoms with Crippen molar-refractivity contribution in [3.63, 3.8) is 0 Å². The van der Waals surface area contributed by atoms with Gasteiger partial charge in [0.2, 0.25) is 0 Å². The van der Waals surface area contributed by atoms with Crippen LogP contribution in [0.4, 0.5) is 0 Å². The number of hydrogen-bond acceptors (Lipinski definition) is 6. The van der Waals surface area contributed by atoms with E-state index in [-0.39, 0.29) is 37.5 Å². The second-order valence-electron chi connectivity index (χ2n) is 24.5. The molecule has 6 heteroatoms. The van der Waals surface area contributed by atoms with Crippen LogP contribution in [0.15, 0.2) is 60.8 Å². The van der Waals surface area contributed by atoms with Crippen LogP contribution in [0, 0.1) is 0 Å². The van der Waals surface area contributed by atoms with Crippen LogP contribution in [0.2, 0.25) is 0 Å². The number of hydrogen-bond donors (Lipinski definition) is 0. The summed E-state index contributed by atoms with van der Waals surface area (Å²) in [7, 11) is 0. The first-order chi connectivity index (χ1) is 40.5. The van der Waals surface area contributed by atoms with E-state index in [4.69, 9.17) is 14.2 Å². The van der Waals surface area contributed by atoms with Crippen LogP contribution in [-0.2, 0) is 28.6 Å². The molecule has 0 bridgehead atoms. The molecule has 0 radical (unpaired) electrons. The van der Waals surface area contributed by atoms with Crippen molar-refractivity contribution in [2.45, 2.75) is 393 Å². The van der Waals surface area contributed by atoms with E-state index in [1.807, 2.05) is 0 Å². The molecule has 0 aromatic carbocycles. The Morgan fingerprint density at radius 3 is 0.732 bits per heavy atom. The highest BCUT2D eigenvalue weighted by Gasteiger charge is 2.19. The van der Waals surface area contributed by atoms with Gasteiger partial charge in [-0.25, -0.2) is 0 Å². The molecule has 0 rings (SSSR count). The molecular formula is C76H138O6. The average Bonchev–Trinajstić information content (AvgIpc) is 3.47. The van der Waals surface area contributed by atoms with Crippen LogP contribution in [0.25, 0.3) is 0 Å². The van der Waals surface area contributed by atoms with Gasteiger partial charge in [0.05, 0.1) is 0 Å². The van der Waals surface area contributed by atoms with Crippen molar-refractivity contribution in [2.75, 3.05) is 13.2 Å². The third kappa shape index (κ3) is 67.9. The highest BCUT2D eigenvalue weighted by molar-refractivity contribution is 5.71. The van der Waals surface area contributed by atoms with Crippen molar-refractivity contribution in [3.8, 4) is 0 Å². The van der Waals surface area contributed by atoms with Gasteiger partial charge in [0.25, 0.3) is 0 Å². The van der Waals surface area contributed by atoms with Gasteiger partial charge in [-0.1, -0.05) is 370 Å². The van der Waals surface area contributed by atoms with Gasteiger partial charge in [0.1, 0.15) is 13.2 Å². The van der Waals surface area contributed by atoms with E-state index >= 15 is 0 Å². The van der Waals surface area contributed by atoms with Crippen LogP contribution < -0.4 is 0 Å². The summed E-state index contributed by atoms with van der Waals surface area (Å²) < 4.78 is 16.9. The van der Waals surface area contributed by atoms with Crippen LogP contribution in [-0.4, -0.2) is 37.2 Å². The number of carbonyl (C=O) groups is 3. The molecular weight excluding hydrogens is 1010 g/mol. The van der Waals surface area contributed by atoms with Gasteiger partial charge in [0.15, 0.2) is 6.10 Å². The molecule has 0 aromatic rings. The van der Waals surface area contributed by atoms with Gasteiger partial charge in [-0.2, -0.15) is 0 Å². The van der Waals surface area contributed by atoms with Crippen LogP contribution in [0.1, 0.15) is 387 Å². The highest BCUT2D eigenvalue weighted by atomic mass is 16.6. The molecule has 478 valence electrons. The molecule has 0 heterocycles. The Morgan fingerprint density at radius 1 is 0.256 bits per heavy atom. The molecule has 0 fully saturated rings. The van der Waals surface area contributed by atoms with Crippen LogP contribution in [0.3, 0.4) is 0 Å². The predicted molar refractivity (Wildman–Crippen MR) is 358 cm³/mol. The Kier molecular flexibility index (Phi) is 68.1. The van der Waals surface area contributed by atoms with Crippen LogP contribution >= 0.6 is 0 Å². The summed E-state index contributed by atoms with van der Waals surface area (Å²) in [6, 6.07) is 0. The average molecular weight is 1150 g/mol. The molecule has 0 aliphatic carbocycles. The molecule has 0 saturated carbocycles. The lowest BCUT2D eigenvalue weighted by molar-refractivity contribution is -0.167. The summed E-state index contributed by atoms with van der Waals surface area (Å²) in [5.41, 5.74) is 0. The zero-order valence-corrected chi connectivity index (χ0v) is 55.0. The Labute approximate surface area is 510 Å². The standard InChI is InChI=1S/C76H138O6/c1-4-7-10-13-16-19-22-25-28-31-32-33-34-35-36-37-38-39-40-41-42-43-46-48-51-54-57-60-63-66-69-75(78)81-72-73(82-76(79)70-67-64-61-58-55-52-49-45-30-27-24-21-18-15-12-9-6-3)71-80-74(77)68-65-62-59-56-53-50-47-44-29-26-23-20-17-14-11-8-5-2/h9,12,18,21,27,30,49,52,58,61,73H,4-8,10-11,13-17,19-20,22-26,28-29,31-48,50-51,53-57,59-60,62-72H2,1-3H3/b12-9-,21-18-,30-27-,52-49-,61-58-. The molecule has 0 amide bonds. The molecule has 0 aliphatic heterocycles. The monoisotopic (exact) mass is 1150 g/mol. The third-order valence-electron chi connectivity index (χ3n) is 16.3. The summed E-state index contributed by atoms with van der Waals surface area (Å²) >= 11 is 0. The maximum atomic E-state index is 12.9. The molecule has 0 spiro atoms. The zero-order valence-electron chi connectivity index (χ0n) is 55.0. The molecule has 0 saturated heterocycles. The van der Waals surface area contributed by atoms with Crippen molar-refractivity contribution >= 4 is 17.9 Å². The summed E-state index contributed by atoms with van der Waals surface area (Å²) in [6.45, 7) is 6.55. The highest BCUT2D eigenvalue weighted by Crippen LogP contribution is 2.19. The number of ether oxygens (including phenoxy) is 3. The number of unbranched alkanes of at least 4 members (excludes halogenated alkanes) is 46. The Bertz CT molecular complexity index is 1460. The topological polar surface area (TPSA) is 78.9 Å². The quantitative estimate of drug-likeness (QED) is 0.0261. The van der Waals surface area contributed by atoms with Gasteiger partial charge in [0, 0.05) is 19.3 Å². The predicted octanol–water partition coefficient (Wildman–Crippen LogP) is 25.1. The lowest BCUT2D eigenvalue weighted by Crippen LogP contribution is -2.30. The van der Waals surface area contributed by atoms with Gasteiger partial charge >= 0.3 is 17.9 Å². The third-order valence-corrected chi connectivity index (χ3v) is 16.3. The normalized spacial score (nSPS) is 12.4. The fourth-order valence-corrected chi connectivity index (χ4v) is 10.9. The fourth-order valence-electron chi connectivity index (χ4n) is 10.9. The van der Waals surface area contributed by atoms with Crippen molar-refractivity contribution < 1.29 is 28.6 Å². The molecule has 1 atom stereocenters. The SMILES string of the molecule is CC/C=C\C/C=C\C/C=C\C/C=C\C/C=C\CCCC(=O)OC(COC(=O)CCCCCCCCCCCCCCCCCCC)COC(=O)CCCCCCCCCCCCCCCCCCCCCCCCCCCCCCCC. The lowest BCUT2D eigenvalue weighted by atomic mass is 10.0. The minimum atomic E-state index is -0.803. The second kappa shape index (κ2) is 70.6. The van der Waals surface area contributed by atoms with E-state index in [1.54, 1.807) is 0 Å². The summed E-state index contributed by atoms with van der Waals surface area (Å²) in [5, 5.41) is 0. The first-order valence-electron chi connectivity index (χ1n) is 36.3. The maximum absolute atomic E-state index is 12.9. The lowest BCUT2D eigenvalue weighted by Gasteiger charge is -2.18. The zero-order chi connectivity index (χ0) is 59.2. The molecule has 0 N–H and O–H groups in total. The molecule has 6 nitrogen and oxygen atoms in total. The Hall–Kier alpha value is -2.89. The van der Waals surface area contributed by atoms with Crippen molar-refractivity contribution in [1.82, 2.24) is 0 Å². The number of rotatable bonds is 67. The molecule has 1 unspecified atom stereocenters. The van der Waals surface area contributed by atoms with Gasteiger partial charge < -0.3 is 14.2 Å².